The Hall–Kier alpha value is -7.18. The molecule has 4 aromatic heterocycles. The van der Waals surface area contributed by atoms with E-state index in [2.05, 4.69) is 44.7 Å². The molecule has 2 aliphatic rings. The number of ether oxygens (including phenoxy) is 1. The molecule has 4 heterocycles. The Morgan fingerprint density at radius 1 is 0.600 bits per heavy atom. The van der Waals surface area contributed by atoms with Crippen LogP contribution in [0.15, 0.2) is 132 Å². The molecule has 0 radical (unpaired) electrons. The quantitative estimate of drug-likeness (QED) is 0.0765. The molecule has 2 fully saturated rings. The summed E-state index contributed by atoms with van der Waals surface area (Å²) < 4.78 is 65.8. The zero-order valence-corrected chi connectivity index (χ0v) is 37.1. The van der Waals surface area contributed by atoms with Crippen molar-refractivity contribution in [2.75, 3.05) is 28.0 Å². The Morgan fingerprint density at radius 3 is 1.48 bits per heavy atom. The van der Waals surface area contributed by atoms with E-state index in [4.69, 9.17) is 16.2 Å². The van der Waals surface area contributed by atoms with Crippen LogP contribution in [0.1, 0.15) is 63.5 Å². The van der Waals surface area contributed by atoms with Gasteiger partial charge in [0.1, 0.15) is 47.1 Å². The summed E-state index contributed by atoms with van der Waals surface area (Å²) in [7, 11) is -6.05. The third-order valence-corrected chi connectivity index (χ3v) is 14.9. The summed E-state index contributed by atoms with van der Waals surface area (Å²) in [5.74, 6) is 1.01. The summed E-state index contributed by atoms with van der Waals surface area (Å²) in [6.07, 6.45) is 16.2. The van der Waals surface area contributed by atoms with E-state index in [1.165, 1.54) is 63.6 Å². The molecule has 0 aliphatic heterocycles. The van der Waals surface area contributed by atoms with Gasteiger partial charge in [-0.15, -0.1) is 0 Å². The van der Waals surface area contributed by atoms with Crippen LogP contribution in [0.25, 0.3) is 44.3 Å². The van der Waals surface area contributed by atoms with Gasteiger partial charge in [-0.05, 0) is 85.3 Å². The Morgan fingerprint density at radius 2 is 1.03 bits per heavy atom. The molecule has 0 unspecified atom stereocenters. The monoisotopic (exact) mass is 912 g/mol. The van der Waals surface area contributed by atoms with Crippen LogP contribution in [0.4, 0.5) is 23.0 Å². The number of sulfonamides is 2. The number of hydrogen-bond donors (Lipinski definition) is 5. The van der Waals surface area contributed by atoms with Crippen molar-refractivity contribution in [3.63, 3.8) is 0 Å². The van der Waals surface area contributed by atoms with Crippen LogP contribution >= 0.6 is 0 Å². The number of nitrogens with two attached hydrogens (primary N) is 2. The number of phenolic OH excluding ortho intramolecular Hbond substituents is 1. The van der Waals surface area contributed by atoms with Gasteiger partial charge in [0, 0.05) is 35.6 Å². The zero-order valence-electron chi connectivity index (χ0n) is 35.5. The highest BCUT2D eigenvalue weighted by atomic mass is 32.2. The van der Waals surface area contributed by atoms with Gasteiger partial charge in [0.15, 0.2) is 0 Å². The molecule has 334 valence electrons. The van der Waals surface area contributed by atoms with Gasteiger partial charge in [-0.2, -0.15) is 0 Å². The van der Waals surface area contributed by atoms with Gasteiger partial charge in [-0.3, -0.25) is 9.44 Å². The Kier molecular flexibility index (Phi) is 11.8. The predicted octanol–water partition coefficient (Wildman–Crippen LogP) is 8.91. The van der Waals surface area contributed by atoms with Crippen LogP contribution in [-0.2, 0) is 20.0 Å². The van der Waals surface area contributed by atoms with E-state index in [0.717, 1.165) is 64.4 Å². The minimum absolute atomic E-state index is 0.0985. The van der Waals surface area contributed by atoms with E-state index in [9.17, 15) is 21.9 Å². The van der Waals surface area contributed by atoms with E-state index >= 15 is 0 Å². The molecule has 65 heavy (non-hydrogen) atoms. The Balaban J connectivity index is 0.000000164. The average molecular weight is 913 g/mol. The summed E-state index contributed by atoms with van der Waals surface area (Å²) in [6, 6.07) is 27.2. The third kappa shape index (κ3) is 8.61. The molecule has 8 aromatic rings. The fourth-order valence-electron chi connectivity index (χ4n) is 8.91. The molecular weight excluding hydrogens is 865 g/mol. The first kappa shape index (κ1) is 43.1. The lowest BCUT2D eigenvalue weighted by Crippen LogP contribution is -2.13. The number of hydrogen-bond acceptors (Lipinski definition) is 12. The van der Waals surface area contributed by atoms with Crippen molar-refractivity contribution in [2.45, 2.75) is 73.2 Å². The maximum Gasteiger partial charge on any atom is 0.262 e. The molecule has 7 N–H and O–H groups in total. The van der Waals surface area contributed by atoms with Gasteiger partial charge in [0.2, 0.25) is 0 Å². The third-order valence-electron chi connectivity index (χ3n) is 12.1. The lowest BCUT2D eigenvalue weighted by molar-refractivity contribution is 0.417. The number of fused-ring (bicyclic) bond motifs is 2. The number of nitrogen functional groups attached to an aromatic ring is 2. The van der Waals surface area contributed by atoms with Crippen molar-refractivity contribution in [1.82, 2.24) is 29.1 Å². The average Bonchev–Trinajstić information content (AvgIpc) is 4.16. The number of benzene rings is 4. The predicted molar refractivity (Wildman–Crippen MR) is 252 cm³/mol. The number of rotatable bonds is 11. The molecule has 0 spiro atoms. The number of aromatic hydroxyl groups is 1. The van der Waals surface area contributed by atoms with Gasteiger partial charge >= 0.3 is 0 Å². The number of aromatic nitrogens is 6. The molecule has 10 rings (SSSR count). The van der Waals surface area contributed by atoms with Crippen LogP contribution in [-0.4, -0.2) is 58.1 Å². The van der Waals surface area contributed by atoms with E-state index < -0.39 is 20.0 Å². The van der Waals surface area contributed by atoms with E-state index in [0.29, 0.717) is 40.7 Å². The molecule has 2 saturated carbocycles. The second kappa shape index (κ2) is 17.8. The van der Waals surface area contributed by atoms with Crippen molar-refractivity contribution < 1.29 is 26.7 Å². The second-order valence-corrected chi connectivity index (χ2v) is 19.5. The van der Waals surface area contributed by atoms with Crippen molar-refractivity contribution in [1.29, 1.82) is 0 Å². The van der Waals surface area contributed by atoms with Crippen molar-refractivity contribution in [3.8, 4) is 33.8 Å². The fraction of sp³-hybridized carbons (Fsp3) is 0.234. The molecule has 0 amide bonds. The number of nitrogens with one attached hydrogen (secondary N) is 2. The molecule has 18 heteroatoms. The van der Waals surface area contributed by atoms with E-state index in [-0.39, 0.29) is 21.2 Å². The summed E-state index contributed by atoms with van der Waals surface area (Å²) in [5.41, 5.74) is 17.8. The Labute approximate surface area is 376 Å². The molecule has 0 bridgehead atoms. The molecular formula is C47H48N10O6S2. The lowest BCUT2D eigenvalue weighted by Gasteiger charge is -2.13. The van der Waals surface area contributed by atoms with Crippen LogP contribution in [0.5, 0.6) is 11.5 Å². The lowest BCUT2D eigenvalue weighted by atomic mass is 10.1. The van der Waals surface area contributed by atoms with Crippen LogP contribution < -0.4 is 25.6 Å². The summed E-state index contributed by atoms with van der Waals surface area (Å²) in [6.45, 7) is 0. The Bertz CT molecular complexity index is 3240. The van der Waals surface area contributed by atoms with Crippen LogP contribution in [0.3, 0.4) is 0 Å². The molecule has 2 aliphatic carbocycles. The molecule has 16 nitrogen and oxygen atoms in total. The van der Waals surface area contributed by atoms with Gasteiger partial charge in [-0.1, -0.05) is 74.2 Å². The largest absolute Gasteiger partial charge is 0.506 e. The van der Waals surface area contributed by atoms with Crippen molar-refractivity contribution in [2.24, 2.45) is 0 Å². The number of anilines is 4. The van der Waals surface area contributed by atoms with Crippen molar-refractivity contribution in [3.05, 3.63) is 122 Å². The normalized spacial score (nSPS) is 14.7. The highest BCUT2D eigenvalue weighted by Gasteiger charge is 2.26. The first-order chi connectivity index (χ1) is 31.4. The van der Waals surface area contributed by atoms with E-state index in [1.54, 1.807) is 66.7 Å². The van der Waals surface area contributed by atoms with Gasteiger partial charge in [-0.25, -0.2) is 36.8 Å². The standard InChI is InChI=1S/C24H25N5O3S.C23H23N5O3S/c1-32-21-13-16(11-12-20(21)28-33(30,31)18-9-3-2-4-10-18)19-14-29(17-7-5-6-8-17)24-22(19)23(25)26-15-27-24;24-22-21-18(13-28(16-6-4-5-7-16)23(21)26-14-25-22)15-10-11-19(20(29)12-15)27-32(30,31)17-8-2-1-3-9-17/h2-4,9-15,17,28H,5-8H2,1H3,(H2,25,26,27);1-3,8-14,16,27,29H,4-7H2,(H2,24,25,26). The fourth-order valence-corrected chi connectivity index (χ4v) is 11.1. The van der Waals surface area contributed by atoms with E-state index in [1.807, 2.05) is 18.3 Å². The first-order valence-electron chi connectivity index (χ1n) is 21.3. The minimum atomic E-state index is -3.82. The number of nitrogens with zero attached hydrogens (tertiary/aromatic N) is 6. The number of phenols is 1. The second-order valence-electron chi connectivity index (χ2n) is 16.2. The summed E-state index contributed by atoms with van der Waals surface area (Å²) in [5, 5.41) is 12.2. The smallest absolute Gasteiger partial charge is 0.262 e. The minimum Gasteiger partial charge on any atom is -0.506 e. The number of methoxy groups -OCH3 is 1. The molecule has 4 aromatic carbocycles. The summed E-state index contributed by atoms with van der Waals surface area (Å²) in [4.78, 5) is 17.7. The summed E-state index contributed by atoms with van der Waals surface area (Å²) >= 11 is 0. The van der Waals surface area contributed by atoms with Gasteiger partial charge in [0.25, 0.3) is 20.0 Å². The maximum absolute atomic E-state index is 12.8. The zero-order chi connectivity index (χ0) is 45.3. The highest BCUT2D eigenvalue weighted by Crippen LogP contribution is 2.42. The van der Waals surface area contributed by atoms with Crippen molar-refractivity contribution >= 4 is 65.1 Å². The van der Waals surface area contributed by atoms with Gasteiger partial charge < -0.3 is 30.4 Å². The molecule has 0 saturated heterocycles. The topological polar surface area (TPSA) is 235 Å². The highest BCUT2D eigenvalue weighted by molar-refractivity contribution is 7.93. The van der Waals surface area contributed by atoms with Gasteiger partial charge in [0.05, 0.1) is 39.0 Å². The first-order valence-corrected chi connectivity index (χ1v) is 24.3. The SMILES string of the molecule is COc1cc(-c2cn(C3CCCC3)c3ncnc(N)c23)ccc1NS(=O)(=O)c1ccccc1.Nc1ncnc2c1c(-c1ccc(NS(=O)(=O)c3ccccc3)c(O)c1)cn2C1CCCC1. The van der Waals surface area contributed by atoms with Crippen LogP contribution in [0, 0.1) is 0 Å². The maximum atomic E-state index is 12.8. The van der Waals surface area contributed by atoms with Crippen LogP contribution in [0.2, 0.25) is 0 Å². The molecule has 0 atom stereocenters.